The molecule has 180 valence electrons. The van der Waals surface area contributed by atoms with E-state index in [1.54, 1.807) is 4.90 Å². The highest BCUT2D eigenvalue weighted by atomic mass is 16.5. The molecule has 0 aromatic rings. The van der Waals surface area contributed by atoms with Crippen LogP contribution in [-0.4, -0.2) is 48.4 Å². The lowest BCUT2D eigenvalue weighted by Gasteiger charge is -2.34. The van der Waals surface area contributed by atoms with E-state index in [4.69, 9.17) is 4.74 Å². The molecule has 0 aromatic heterocycles. The molecule has 1 saturated heterocycles. The lowest BCUT2D eigenvalue weighted by atomic mass is 10.0. The first kappa shape index (κ1) is 27.4. The zero-order chi connectivity index (χ0) is 22.7. The van der Waals surface area contributed by atoms with Crippen LogP contribution in [0, 0.1) is 0 Å². The van der Waals surface area contributed by atoms with Crippen LogP contribution in [0.3, 0.4) is 0 Å². The fraction of sp³-hybridized carbons (Fsp3) is 0.880. The molecule has 0 spiro atoms. The van der Waals surface area contributed by atoms with Crippen molar-refractivity contribution in [1.29, 1.82) is 0 Å². The van der Waals surface area contributed by atoms with Crippen LogP contribution < -0.4 is 5.32 Å². The van der Waals surface area contributed by atoms with Gasteiger partial charge in [0.2, 0.25) is 11.8 Å². The van der Waals surface area contributed by atoms with Crippen LogP contribution in [0.2, 0.25) is 0 Å². The number of unbranched alkanes of at least 4 members (excludes halogenated alkanes) is 12. The zero-order valence-corrected chi connectivity index (χ0v) is 20.1. The van der Waals surface area contributed by atoms with Gasteiger partial charge in [-0.1, -0.05) is 90.9 Å². The molecule has 1 atom stereocenters. The van der Waals surface area contributed by atoms with E-state index >= 15 is 0 Å². The molecule has 0 aromatic carbocycles. The second kappa shape index (κ2) is 18.0. The van der Waals surface area contributed by atoms with Crippen molar-refractivity contribution in [2.45, 2.75) is 123 Å². The molecular weight excluding hydrogens is 392 g/mol. The lowest BCUT2D eigenvalue weighted by molar-refractivity contribution is -0.152. The topological polar surface area (TPSA) is 75.7 Å². The monoisotopic (exact) mass is 438 g/mol. The van der Waals surface area contributed by atoms with E-state index in [0.29, 0.717) is 26.1 Å². The Hall–Kier alpha value is -1.59. The van der Waals surface area contributed by atoms with Crippen LogP contribution in [-0.2, 0) is 19.1 Å². The molecule has 0 radical (unpaired) electrons. The third-order valence-electron chi connectivity index (χ3n) is 6.02. The number of hydrogen-bond donors (Lipinski definition) is 1. The summed E-state index contributed by atoms with van der Waals surface area (Å²) >= 11 is 0. The highest BCUT2D eigenvalue weighted by Gasteiger charge is 2.34. The highest BCUT2D eigenvalue weighted by molar-refractivity contribution is 5.91. The minimum Gasteiger partial charge on any atom is -0.466 e. The van der Waals surface area contributed by atoms with Crippen LogP contribution in [0.4, 0.5) is 0 Å². The summed E-state index contributed by atoms with van der Waals surface area (Å²) in [6.45, 7) is 5.64. The largest absolute Gasteiger partial charge is 0.466 e. The summed E-state index contributed by atoms with van der Waals surface area (Å²) in [6, 6.07) is -0.729. The third kappa shape index (κ3) is 12.8. The average molecular weight is 439 g/mol. The van der Waals surface area contributed by atoms with Crippen molar-refractivity contribution in [3.8, 4) is 0 Å². The van der Waals surface area contributed by atoms with Gasteiger partial charge in [-0.3, -0.25) is 14.4 Å². The molecule has 6 heteroatoms. The maximum absolute atomic E-state index is 12.7. The van der Waals surface area contributed by atoms with Gasteiger partial charge >= 0.3 is 5.97 Å². The van der Waals surface area contributed by atoms with Gasteiger partial charge in [-0.05, 0) is 12.8 Å². The Balaban J connectivity index is 2.22. The van der Waals surface area contributed by atoms with E-state index in [1.807, 2.05) is 0 Å². The Bertz CT molecular complexity index is 510. The number of hydrogen-bond acceptors (Lipinski definition) is 4. The van der Waals surface area contributed by atoms with Gasteiger partial charge in [-0.15, -0.1) is 0 Å². The van der Waals surface area contributed by atoms with Crippen LogP contribution in [0.25, 0.3) is 0 Å². The normalized spacial score (nSPS) is 16.3. The smallest absolute Gasteiger partial charge is 0.308 e. The predicted molar refractivity (Wildman–Crippen MR) is 125 cm³/mol. The molecule has 1 N–H and O–H groups in total. The molecule has 31 heavy (non-hydrogen) atoms. The maximum Gasteiger partial charge on any atom is 0.308 e. The van der Waals surface area contributed by atoms with Crippen molar-refractivity contribution >= 4 is 17.8 Å². The van der Waals surface area contributed by atoms with Gasteiger partial charge < -0.3 is 15.0 Å². The van der Waals surface area contributed by atoms with Crippen LogP contribution in [0.15, 0.2) is 0 Å². The minimum absolute atomic E-state index is 0.0189. The number of nitrogens with one attached hydrogen (secondary N) is 1. The third-order valence-corrected chi connectivity index (χ3v) is 6.02. The number of carbonyl (C=O) groups is 3. The first-order valence-corrected chi connectivity index (χ1v) is 12.8. The fourth-order valence-electron chi connectivity index (χ4n) is 4.06. The predicted octanol–water partition coefficient (Wildman–Crippen LogP) is 5.14. The van der Waals surface area contributed by atoms with Crippen molar-refractivity contribution < 1.29 is 19.1 Å². The quantitative estimate of drug-likeness (QED) is 0.237. The molecular formula is C25H46N2O4. The van der Waals surface area contributed by atoms with Crippen molar-refractivity contribution in [2.75, 3.05) is 19.7 Å². The van der Waals surface area contributed by atoms with Crippen LogP contribution >= 0.6 is 0 Å². The Morgan fingerprint density at radius 3 is 2.03 bits per heavy atom. The van der Waals surface area contributed by atoms with Gasteiger partial charge in [-0.2, -0.15) is 0 Å². The molecule has 6 nitrogen and oxygen atoms in total. The lowest BCUT2D eigenvalue weighted by Crippen LogP contribution is -2.57. The van der Waals surface area contributed by atoms with Crippen molar-refractivity contribution in [3.05, 3.63) is 0 Å². The number of esters is 1. The molecule has 1 rings (SSSR count). The van der Waals surface area contributed by atoms with E-state index in [9.17, 15) is 14.4 Å². The fourth-order valence-corrected chi connectivity index (χ4v) is 4.06. The second-order valence-corrected chi connectivity index (χ2v) is 8.81. The summed E-state index contributed by atoms with van der Waals surface area (Å²) in [5.74, 6) is -0.663. The highest BCUT2D eigenvalue weighted by Crippen LogP contribution is 2.15. The molecule has 1 aliphatic rings. The first-order chi connectivity index (χ1) is 15.1. The number of nitrogens with zero attached hydrogens (tertiary/aromatic N) is 1. The summed E-state index contributed by atoms with van der Waals surface area (Å²) in [7, 11) is 0. The van der Waals surface area contributed by atoms with Crippen molar-refractivity contribution in [1.82, 2.24) is 10.2 Å². The summed E-state index contributed by atoms with van der Waals surface area (Å²) in [5, 5.41) is 2.77. The molecule has 1 heterocycles. The van der Waals surface area contributed by atoms with E-state index in [0.717, 1.165) is 38.5 Å². The Kier molecular flexibility index (Phi) is 16.0. The first-order valence-electron chi connectivity index (χ1n) is 12.8. The summed E-state index contributed by atoms with van der Waals surface area (Å²) in [6.07, 6.45) is 16.9. The van der Waals surface area contributed by atoms with Gasteiger partial charge in [0, 0.05) is 19.5 Å². The number of ether oxygens (including phenoxy) is 1. The SMILES string of the molecule is CCCCCCCCCCCCCC(=O)N1CCNC(=O)C1CC(=O)OCCCCC. The van der Waals surface area contributed by atoms with Crippen LogP contribution in [0.1, 0.15) is 117 Å². The number of piperazine rings is 1. The molecule has 0 aliphatic carbocycles. The summed E-state index contributed by atoms with van der Waals surface area (Å²) in [5.41, 5.74) is 0. The van der Waals surface area contributed by atoms with Gasteiger partial charge in [0.15, 0.2) is 0 Å². The standard InChI is InChI=1S/C25H46N2O4/c1-3-5-7-8-9-10-11-12-13-14-15-17-23(28)27-19-18-26-25(30)22(27)21-24(29)31-20-16-6-4-2/h22H,3-21H2,1-2H3,(H,26,30). The molecule has 0 bridgehead atoms. The number of rotatable bonds is 18. The van der Waals surface area contributed by atoms with Gasteiger partial charge in [0.25, 0.3) is 0 Å². The molecule has 1 fully saturated rings. The van der Waals surface area contributed by atoms with Gasteiger partial charge in [-0.25, -0.2) is 0 Å². The van der Waals surface area contributed by atoms with Gasteiger partial charge in [0.05, 0.1) is 13.0 Å². The maximum atomic E-state index is 12.7. The number of carbonyl (C=O) groups excluding carboxylic acids is 3. The Morgan fingerprint density at radius 2 is 1.42 bits per heavy atom. The minimum atomic E-state index is -0.729. The van der Waals surface area contributed by atoms with Crippen molar-refractivity contribution in [2.24, 2.45) is 0 Å². The Labute approximate surface area is 189 Å². The molecule has 1 aliphatic heterocycles. The molecule has 0 saturated carbocycles. The summed E-state index contributed by atoms with van der Waals surface area (Å²) < 4.78 is 5.24. The molecule has 1 unspecified atom stereocenters. The summed E-state index contributed by atoms with van der Waals surface area (Å²) in [4.78, 5) is 38.6. The van der Waals surface area contributed by atoms with E-state index in [2.05, 4.69) is 19.2 Å². The van der Waals surface area contributed by atoms with Crippen LogP contribution in [0.5, 0.6) is 0 Å². The zero-order valence-electron chi connectivity index (χ0n) is 20.1. The van der Waals surface area contributed by atoms with Crippen molar-refractivity contribution in [3.63, 3.8) is 0 Å². The van der Waals surface area contributed by atoms with E-state index in [-0.39, 0.29) is 18.2 Å². The number of amides is 2. The van der Waals surface area contributed by atoms with E-state index < -0.39 is 12.0 Å². The Morgan fingerprint density at radius 1 is 0.871 bits per heavy atom. The molecule has 2 amide bonds. The van der Waals surface area contributed by atoms with Gasteiger partial charge in [0.1, 0.15) is 6.04 Å². The van der Waals surface area contributed by atoms with E-state index in [1.165, 1.54) is 51.4 Å². The average Bonchev–Trinajstić information content (AvgIpc) is 2.76. The second-order valence-electron chi connectivity index (χ2n) is 8.81.